The Balaban J connectivity index is 2.14. The monoisotopic (exact) mass is 346 g/mol. The molecular formula is C12H6BrF3N2S. The van der Waals surface area contributed by atoms with E-state index in [4.69, 9.17) is 0 Å². The molecule has 0 aliphatic rings. The summed E-state index contributed by atoms with van der Waals surface area (Å²) >= 11 is 4.84. The number of benzene rings is 1. The molecule has 2 aromatic heterocycles. The third-order valence-electron chi connectivity index (χ3n) is 2.64. The van der Waals surface area contributed by atoms with Crippen LogP contribution in [0.5, 0.6) is 0 Å². The van der Waals surface area contributed by atoms with Gasteiger partial charge in [0.25, 0.3) is 0 Å². The second kappa shape index (κ2) is 4.35. The first kappa shape index (κ1) is 12.7. The fourth-order valence-corrected chi connectivity index (χ4v) is 3.26. The Labute approximate surface area is 118 Å². The summed E-state index contributed by atoms with van der Waals surface area (Å²) in [4.78, 5) is 8.08. The summed E-state index contributed by atoms with van der Waals surface area (Å²) in [5.41, 5.74) is 0.217. The predicted octanol–water partition coefficient (Wildman–Crippen LogP) is 5.07. The summed E-state index contributed by atoms with van der Waals surface area (Å²) in [5.74, 6) is 0.566. The highest BCUT2D eigenvalue weighted by molar-refractivity contribution is 9.10. The van der Waals surface area contributed by atoms with Crippen LogP contribution in [0.4, 0.5) is 13.2 Å². The molecule has 0 aliphatic carbocycles. The smallest absolute Gasteiger partial charge is 0.337 e. The van der Waals surface area contributed by atoms with E-state index in [1.165, 1.54) is 17.4 Å². The van der Waals surface area contributed by atoms with E-state index < -0.39 is 11.7 Å². The van der Waals surface area contributed by atoms with Crippen LogP contribution >= 0.6 is 27.3 Å². The number of nitrogens with one attached hydrogen (secondary N) is 1. The van der Waals surface area contributed by atoms with Gasteiger partial charge in [-0.3, -0.25) is 0 Å². The lowest BCUT2D eigenvalue weighted by molar-refractivity contribution is -0.137. The molecule has 3 rings (SSSR count). The summed E-state index contributed by atoms with van der Waals surface area (Å²) in [6.45, 7) is 0. The van der Waals surface area contributed by atoms with E-state index in [9.17, 15) is 13.2 Å². The lowest BCUT2D eigenvalue weighted by atomic mass is 10.2. The normalized spacial score (nSPS) is 12.2. The highest BCUT2D eigenvalue weighted by Crippen LogP contribution is 2.34. The van der Waals surface area contributed by atoms with Gasteiger partial charge in [-0.15, -0.1) is 11.3 Å². The van der Waals surface area contributed by atoms with E-state index in [0.717, 1.165) is 21.5 Å². The first-order valence-electron chi connectivity index (χ1n) is 5.25. The first-order valence-corrected chi connectivity index (χ1v) is 6.93. The number of hydrogen-bond donors (Lipinski definition) is 1. The molecule has 1 aromatic carbocycles. The molecule has 0 atom stereocenters. The molecular weight excluding hydrogens is 341 g/mol. The van der Waals surface area contributed by atoms with E-state index in [1.807, 2.05) is 11.4 Å². The molecule has 0 aliphatic heterocycles. The number of fused-ring (bicyclic) bond motifs is 1. The molecule has 19 heavy (non-hydrogen) atoms. The second-order valence-electron chi connectivity index (χ2n) is 3.91. The van der Waals surface area contributed by atoms with Crippen molar-refractivity contribution in [2.24, 2.45) is 0 Å². The Morgan fingerprint density at radius 2 is 2.00 bits per heavy atom. The van der Waals surface area contributed by atoms with Crippen LogP contribution in [0.3, 0.4) is 0 Å². The summed E-state index contributed by atoms with van der Waals surface area (Å²) in [6.07, 6.45) is -4.34. The molecule has 0 radical (unpaired) electrons. The number of thiophene rings is 1. The number of hydrogen-bond acceptors (Lipinski definition) is 2. The van der Waals surface area contributed by atoms with Gasteiger partial charge in [-0.2, -0.15) is 13.2 Å². The Morgan fingerprint density at radius 1 is 1.21 bits per heavy atom. The molecule has 98 valence electrons. The minimum atomic E-state index is -4.34. The van der Waals surface area contributed by atoms with Crippen LogP contribution in [0.15, 0.2) is 34.1 Å². The van der Waals surface area contributed by atoms with Crippen LogP contribution in [0.25, 0.3) is 21.7 Å². The summed E-state index contributed by atoms with van der Waals surface area (Å²) in [5, 5.41) is 1.88. The maximum atomic E-state index is 12.6. The van der Waals surface area contributed by atoms with Gasteiger partial charge >= 0.3 is 6.18 Å². The van der Waals surface area contributed by atoms with Crippen LogP contribution < -0.4 is 0 Å². The van der Waals surface area contributed by atoms with Crippen molar-refractivity contribution < 1.29 is 13.2 Å². The molecule has 0 bridgehead atoms. The van der Waals surface area contributed by atoms with Crippen molar-refractivity contribution in [3.05, 3.63) is 39.7 Å². The highest BCUT2D eigenvalue weighted by Gasteiger charge is 2.30. The van der Waals surface area contributed by atoms with E-state index >= 15 is 0 Å². The summed E-state index contributed by atoms with van der Waals surface area (Å²) in [7, 11) is 0. The van der Waals surface area contributed by atoms with Crippen molar-refractivity contribution >= 4 is 38.3 Å². The quantitative estimate of drug-likeness (QED) is 0.654. The largest absolute Gasteiger partial charge is 0.416 e. The van der Waals surface area contributed by atoms with E-state index in [1.54, 1.807) is 0 Å². The third kappa shape index (κ3) is 2.28. The third-order valence-corrected chi connectivity index (χ3v) is 4.49. The number of aromatic amines is 1. The van der Waals surface area contributed by atoms with Gasteiger partial charge in [0.2, 0.25) is 0 Å². The van der Waals surface area contributed by atoms with Crippen molar-refractivity contribution in [1.82, 2.24) is 9.97 Å². The molecule has 2 nitrogen and oxygen atoms in total. The van der Waals surface area contributed by atoms with Gasteiger partial charge in [0.15, 0.2) is 0 Å². The lowest BCUT2D eigenvalue weighted by Gasteiger charge is -2.05. The molecule has 0 fully saturated rings. The van der Waals surface area contributed by atoms with Gasteiger partial charge in [0.05, 0.1) is 21.5 Å². The molecule has 0 spiro atoms. The second-order valence-corrected chi connectivity index (χ2v) is 5.68. The molecule has 1 N–H and O–H groups in total. The molecule has 2 heterocycles. The minimum Gasteiger partial charge on any atom is -0.337 e. The van der Waals surface area contributed by atoms with Gasteiger partial charge in [-0.1, -0.05) is 0 Å². The fraction of sp³-hybridized carbons (Fsp3) is 0.0833. The van der Waals surface area contributed by atoms with E-state index in [0.29, 0.717) is 16.9 Å². The number of aromatic nitrogens is 2. The Kier molecular flexibility index (Phi) is 2.90. The molecule has 7 heteroatoms. The average molecular weight is 347 g/mol. The standard InChI is InChI=1S/C12H6BrF3N2S/c13-7-3-4-19-10(7)11-17-8-2-1-6(12(14,15)16)5-9(8)18-11/h1-5H,(H,17,18). The number of nitrogens with zero attached hydrogens (tertiary/aromatic N) is 1. The minimum absolute atomic E-state index is 0.380. The summed E-state index contributed by atoms with van der Waals surface area (Å²) < 4.78 is 38.7. The Bertz CT molecular complexity index is 745. The van der Waals surface area contributed by atoms with Gasteiger partial charge < -0.3 is 4.98 Å². The van der Waals surface area contributed by atoms with Crippen molar-refractivity contribution in [1.29, 1.82) is 0 Å². The zero-order chi connectivity index (χ0) is 13.6. The van der Waals surface area contributed by atoms with E-state index in [-0.39, 0.29) is 0 Å². The van der Waals surface area contributed by atoms with Crippen molar-refractivity contribution in [3.63, 3.8) is 0 Å². The Hall–Kier alpha value is -1.34. The Morgan fingerprint density at radius 3 is 2.63 bits per heavy atom. The fourth-order valence-electron chi connectivity index (χ4n) is 1.76. The molecule has 0 amide bonds. The van der Waals surface area contributed by atoms with Crippen LogP contribution in [-0.4, -0.2) is 9.97 Å². The van der Waals surface area contributed by atoms with Crippen LogP contribution in [0, 0.1) is 0 Å². The van der Waals surface area contributed by atoms with E-state index in [2.05, 4.69) is 25.9 Å². The zero-order valence-electron chi connectivity index (χ0n) is 9.25. The highest BCUT2D eigenvalue weighted by atomic mass is 79.9. The number of halogens is 4. The van der Waals surface area contributed by atoms with Gasteiger partial charge in [-0.05, 0) is 45.6 Å². The topological polar surface area (TPSA) is 28.7 Å². The molecule has 0 saturated heterocycles. The van der Waals surface area contributed by atoms with Crippen molar-refractivity contribution in [2.45, 2.75) is 6.18 Å². The molecule has 0 saturated carbocycles. The number of rotatable bonds is 1. The lowest BCUT2D eigenvalue weighted by Crippen LogP contribution is -2.04. The van der Waals surface area contributed by atoms with Gasteiger partial charge in [0.1, 0.15) is 5.82 Å². The average Bonchev–Trinajstić information content (AvgIpc) is 2.91. The van der Waals surface area contributed by atoms with Gasteiger partial charge in [0, 0.05) is 4.47 Å². The number of imidazole rings is 1. The maximum absolute atomic E-state index is 12.6. The van der Waals surface area contributed by atoms with Crippen LogP contribution in [-0.2, 0) is 6.18 Å². The first-order chi connectivity index (χ1) is 8.95. The SMILES string of the molecule is FC(F)(F)c1ccc2nc(-c3sccc3Br)[nH]c2c1. The van der Waals surface area contributed by atoms with Gasteiger partial charge in [-0.25, -0.2) is 4.98 Å². The maximum Gasteiger partial charge on any atom is 0.416 e. The summed E-state index contributed by atoms with van der Waals surface area (Å²) in [6, 6.07) is 5.36. The molecule has 3 aromatic rings. The van der Waals surface area contributed by atoms with Crippen molar-refractivity contribution in [2.75, 3.05) is 0 Å². The van der Waals surface area contributed by atoms with Crippen LogP contribution in [0.1, 0.15) is 5.56 Å². The van der Waals surface area contributed by atoms with Crippen molar-refractivity contribution in [3.8, 4) is 10.7 Å². The number of H-pyrrole nitrogens is 1. The molecule has 0 unspecified atom stereocenters. The predicted molar refractivity (Wildman–Crippen MR) is 72.1 cm³/mol. The number of alkyl halides is 3. The zero-order valence-corrected chi connectivity index (χ0v) is 11.7. The van der Waals surface area contributed by atoms with Crippen LogP contribution in [0.2, 0.25) is 0 Å².